The first-order valence-corrected chi connectivity index (χ1v) is 8.01. The van der Waals surface area contributed by atoms with E-state index in [1.165, 1.54) is 27.8 Å². The first-order chi connectivity index (χ1) is 9.70. The summed E-state index contributed by atoms with van der Waals surface area (Å²) in [4.78, 5) is 24.5. The number of thioether (sulfide) groups is 1. The van der Waals surface area contributed by atoms with E-state index in [4.69, 9.17) is 5.11 Å². The largest absolute Gasteiger partial charge is 0.480 e. The van der Waals surface area contributed by atoms with Gasteiger partial charge < -0.3 is 10.0 Å². The molecule has 0 saturated carbocycles. The lowest BCUT2D eigenvalue weighted by atomic mass is 10.1. The Balaban J connectivity index is 2.54. The van der Waals surface area contributed by atoms with Gasteiger partial charge in [-0.15, -0.1) is 11.8 Å². The molecule has 0 heterocycles. The predicted molar refractivity (Wildman–Crippen MR) is 86.4 cm³/mol. The lowest BCUT2D eigenvalue weighted by Crippen LogP contribution is -2.49. The molecule has 0 bridgehead atoms. The minimum absolute atomic E-state index is 0.137. The number of hydrogen-bond donors (Lipinski definition) is 1. The molecule has 0 spiro atoms. The minimum atomic E-state index is -0.984. The number of nitrogens with zero attached hydrogens (tertiary/aromatic N) is 1. The van der Waals surface area contributed by atoms with Crippen LogP contribution in [0.3, 0.4) is 0 Å². The van der Waals surface area contributed by atoms with Gasteiger partial charge in [0.1, 0.15) is 6.54 Å². The normalized spacial score (nSPS) is 11.2. The lowest BCUT2D eigenvalue weighted by molar-refractivity contribution is -0.146. The average Bonchev–Trinajstić information content (AvgIpc) is 2.36. The monoisotopic (exact) mass is 309 g/mol. The highest BCUT2D eigenvalue weighted by Gasteiger charge is 2.27. The maximum Gasteiger partial charge on any atom is 0.323 e. The fraction of sp³-hybridized carbons (Fsp3) is 0.500. The van der Waals surface area contributed by atoms with Crippen LogP contribution in [0.1, 0.15) is 31.9 Å². The Hall–Kier alpha value is -1.49. The van der Waals surface area contributed by atoms with Gasteiger partial charge in [-0.2, -0.15) is 0 Å². The third-order valence-electron chi connectivity index (χ3n) is 3.02. The Labute approximate surface area is 130 Å². The first kappa shape index (κ1) is 17.6. The van der Waals surface area contributed by atoms with Gasteiger partial charge in [-0.05, 0) is 33.3 Å². The minimum Gasteiger partial charge on any atom is -0.480 e. The van der Waals surface area contributed by atoms with E-state index < -0.39 is 11.5 Å². The van der Waals surface area contributed by atoms with Crippen LogP contribution < -0.4 is 0 Å². The van der Waals surface area contributed by atoms with Crippen molar-refractivity contribution in [3.05, 3.63) is 35.4 Å². The number of aliphatic carboxylic acids is 1. The number of carbonyl (C=O) groups excluding carboxylic acids is 1. The summed E-state index contributed by atoms with van der Waals surface area (Å²) in [6.45, 7) is 7.32. The Bertz CT molecular complexity index is 491. The molecule has 0 radical (unpaired) electrons. The van der Waals surface area contributed by atoms with Gasteiger partial charge in [0.05, 0.1) is 5.75 Å². The molecule has 1 aromatic rings. The zero-order valence-electron chi connectivity index (χ0n) is 13.0. The number of carboxylic acid groups (broad SMARTS) is 1. The maximum absolute atomic E-state index is 12.2. The van der Waals surface area contributed by atoms with E-state index in [2.05, 4.69) is 0 Å². The van der Waals surface area contributed by atoms with Gasteiger partial charge in [-0.3, -0.25) is 9.59 Å². The summed E-state index contributed by atoms with van der Waals surface area (Å²) in [7, 11) is 0. The van der Waals surface area contributed by atoms with Crippen molar-refractivity contribution in [1.29, 1.82) is 0 Å². The molecular weight excluding hydrogens is 286 g/mol. The molecule has 0 aliphatic heterocycles. The molecule has 1 aromatic carbocycles. The number of aryl methyl sites for hydroxylation is 1. The molecule has 116 valence electrons. The van der Waals surface area contributed by atoms with Gasteiger partial charge in [-0.1, -0.05) is 29.8 Å². The second-order valence-corrected chi connectivity index (χ2v) is 7.01. The van der Waals surface area contributed by atoms with Crippen molar-refractivity contribution in [1.82, 2.24) is 4.90 Å². The van der Waals surface area contributed by atoms with E-state index in [0.29, 0.717) is 5.75 Å². The molecule has 1 amide bonds. The summed E-state index contributed by atoms with van der Waals surface area (Å²) in [5.41, 5.74) is 1.89. The standard InChI is InChI=1S/C16H23NO3S/c1-12-5-7-13(8-6-12)10-21-11-14(18)17(9-15(19)20)16(2,3)4/h5-8H,9-11H2,1-4H3,(H,19,20). The molecule has 1 rings (SSSR count). The summed E-state index contributed by atoms with van der Waals surface area (Å²) in [5, 5.41) is 8.92. The molecule has 0 aliphatic rings. The second-order valence-electron chi connectivity index (χ2n) is 6.02. The van der Waals surface area contributed by atoms with Crippen molar-refractivity contribution in [2.75, 3.05) is 12.3 Å². The molecule has 0 fully saturated rings. The van der Waals surface area contributed by atoms with E-state index >= 15 is 0 Å². The van der Waals surface area contributed by atoms with Crippen LogP contribution in [-0.2, 0) is 15.3 Å². The summed E-state index contributed by atoms with van der Waals surface area (Å²) in [5.74, 6) is -0.0843. The average molecular weight is 309 g/mol. The third-order valence-corrected chi connectivity index (χ3v) is 4.01. The lowest BCUT2D eigenvalue weighted by Gasteiger charge is -2.34. The Kier molecular flexibility index (Phi) is 6.27. The summed E-state index contributed by atoms with van der Waals surface area (Å²) >= 11 is 1.51. The van der Waals surface area contributed by atoms with E-state index in [1.807, 2.05) is 52.0 Å². The van der Waals surface area contributed by atoms with Crippen molar-refractivity contribution in [3.8, 4) is 0 Å². The van der Waals surface area contributed by atoms with Crippen LogP contribution in [0.25, 0.3) is 0 Å². The van der Waals surface area contributed by atoms with Crippen LogP contribution in [0.15, 0.2) is 24.3 Å². The molecule has 0 aliphatic carbocycles. The van der Waals surface area contributed by atoms with E-state index in [1.54, 1.807) is 0 Å². The van der Waals surface area contributed by atoms with Gasteiger partial charge in [0.25, 0.3) is 0 Å². The molecule has 1 N–H and O–H groups in total. The van der Waals surface area contributed by atoms with E-state index in [9.17, 15) is 9.59 Å². The maximum atomic E-state index is 12.2. The highest BCUT2D eigenvalue weighted by Crippen LogP contribution is 2.18. The number of rotatable bonds is 6. The molecule has 0 aromatic heterocycles. The molecule has 0 saturated heterocycles. The SMILES string of the molecule is Cc1ccc(CSCC(=O)N(CC(=O)O)C(C)(C)C)cc1. The molecule has 5 heteroatoms. The third kappa shape index (κ3) is 6.21. The number of carbonyl (C=O) groups is 2. The topological polar surface area (TPSA) is 57.6 Å². The fourth-order valence-electron chi connectivity index (χ4n) is 1.85. The van der Waals surface area contributed by atoms with Crippen LogP contribution >= 0.6 is 11.8 Å². The number of hydrogen-bond acceptors (Lipinski definition) is 3. The van der Waals surface area contributed by atoms with Gasteiger partial charge >= 0.3 is 5.97 Å². The van der Waals surface area contributed by atoms with Crippen LogP contribution in [0, 0.1) is 6.92 Å². The van der Waals surface area contributed by atoms with Crippen molar-refractivity contribution < 1.29 is 14.7 Å². The number of benzene rings is 1. The molecule has 0 atom stereocenters. The van der Waals surface area contributed by atoms with Gasteiger partial charge in [0.2, 0.25) is 5.91 Å². The first-order valence-electron chi connectivity index (χ1n) is 6.85. The van der Waals surface area contributed by atoms with Crippen LogP contribution in [0.2, 0.25) is 0 Å². The molecular formula is C16H23NO3S. The van der Waals surface area contributed by atoms with E-state index in [0.717, 1.165) is 5.75 Å². The number of carboxylic acids is 1. The van der Waals surface area contributed by atoms with Crippen molar-refractivity contribution in [2.45, 2.75) is 39.0 Å². The summed E-state index contributed by atoms with van der Waals surface area (Å²) in [6.07, 6.45) is 0. The van der Waals surface area contributed by atoms with E-state index in [-0.39, 0.29) is 12.5 Å². The molecule has 0 unspecified atom stereocenters. The van der Waals surface area contributed by atoms with Gasteiger partial charge in [-0.25, -0.2) is 0 Å². The van der Waals surface area contributed by atoms with Crippen molar-refractivity contribution in [2.24, 2.45) is 0 Å². The Morgan fingerprint density at radius 1 is 1.19 bits per heavy atom. The van der Waals surface area contributed by atoms with Crippen LogP contribution in [0.5, 0.6) is 0 Å². The van der Waals surface area contributed by atoms with Gasteiger partial charge in [0, 0.05) is 11.3 Å². The second kappa shape index (κ2) is 7.50. The Morgan fingerprint density at radius 2 is 1.76 bits per heavy atom. The predicted octanol–water partition coefficient (Wildman–Crippen LogP) is 2.94. The fourth-order valence-corrected chi connectivity index (χ4v) is 2.71. The zero-order chi connectivity index (χ0) is 16.0. The van der Waals surface area contributed by atoms with Crippen molar-refractivity contribution in [3.63, 3.8) is 0 Å². The smallest absolute Gasteiger partial charge is 0.323 e. The highest BCUT2D eigenvalue weighted by molar-refractivity contribution is 7.99. The van der Waals surface area contributed by atoms with Crippen LogP contribution in [0.4, 0.5) is 0 Å². The highest BCUT2D eigenvalue weighted by atomic mass is 32.2. The van der Waals surface area contributed by atoms with Crippen LogP contribution in [-0.4, -0.2) is 39.7 Å². The Morgan fingerprint density at radius 3 is 2.24 bits per heavy atom. The van der Waals surface area contributed by atoms with Crippen molar-refractivity contribution >= 4 is 23.6 Å². The summed E-state index contributed by atoms with van der Waals surface area (Å²) in [6, 6.07) is 8.18. The molecule has 4 nitrogen and oxygen atoms in total. The van der Waals surface area contributed by atoms with Gasteiger partial charge in [0.15, 0.2) is 0 Å². The number of amides is 1. The quantitative estimate of drug-likeness (QED) is 0.878. The summed E-state index contributed by atoms with van der Waals surface area (Å²) < 4.78 is 0. The molecule has 21 heavy (non-hydrogen) atoms. The zero-order valence-corrected chi connectivity index (χ0v) is 13.9.